The van der Waals surface area contributed by atoms with Crippen molar-refractivity contribution in [3.05, 3.63) is 101 Å². The third-order valence-electron chi connectivity index (χ3n) is 11.0. The Morgan fingerprint density at radius 1 is 0.889 bits per heavy atom. The van der Waals surface area contributed by atoms with Crippen LogP contribution in [0.25, 0.3) is 0 Å². The first-order chi connectivity index (χ1) is 21.8. The number of rotatable bonds is 11. The summed E-state index contributed by atoms with van der Waals surface area (Å²) in [4.78, 5) is 26.2. The van der Waals surface area contributed by atoms with Gasteiger partial charge in [0.1, 0.15) is 19.0 Å². The van der Waals surface area contributed by atoms with Gasteiger partial charge in [0, 0.05) is 24.2 Å². The fourth-order valence-electron chi connectivity index (χ4n) is 8.32. The van der Waals surface area contributed by atoms with Gasteiger partial charge in [0.2, 0.25) is 6.73 Å². The average Bonchev–Trinajstić information content (AvgIpc) is 3.07. The molecule has 1 aliphatic heterocycles. The van der Waals surface area contributed by atoms with E-state index in [0.29, 0.717) is 25.3 Å². The smallest absolute Gasteiger partial charge is 0.314 e. The van der Waals surface area contributed by atoms with E-state index in [1.807, 2.05) is 50.2 Å². The van der Waals surface area contributed by atoms with Crippen molar-refractivity contribution in [2.45, 2.75) is 83.5 Å². The Kier molecular flexibility index (Phi) is 9.32. The van der Waals surface area contributed by atoms with E-state index in [9.17, 15) is 9.59 Å². The van der Waals surface area contributed by atoms with Gasteiger partial charge in [-0.3, -0.25) is 14.1 Å². The molecule has 45 heavy (non-hydrogen) atoms. The molecule has 2 aliphatic carbocycles. The summed E-state index contributed by atoms with van der Waals surface area (Å²) in [6.45, 7) is 6.03. The molecule has 3 aromatic rings. The third kappa shape index (κ3) is 6.67. The van der Waals surface area contributed by atoms with Crippen molar-refractivity contribution in [2.24, 2.45) is 17.8 Å². The van der Waals surface area contributed by atoms with Crippen molar-refractivity contribution < 1.29 is 28.3 Å². The molecule has 0 N–H and O–H groups in total. The molecule has 6 heteroatoms. The summed E-state index contributed by atoms with van der Waals surface area (Å²) in [5, 5.41) is 0. The number of fused-ring (bicyclic) bond motifs is 1. The lowest BCUT2D eigenvalue weighted by Crippen LogP contribution is -2.69. The van der Waals surface area contributed by atoms with Gasteiger partial charge in [-0.1, -0.05) is 93.4 Å². The van der Waals surface area contributed by atoms with Crippen LogP contribution in [0.2, 0.25) is 0 Å². The molecule has 6 nitrogen and oxygen atoms in total. The minimum absolute atomic E-state index is 0.0284. The van der Waals surface area contributed by atoms with Gasteiger partial charge < -0.3 is 14.2 Å². The van der Waals surface area contributed by atoms with E-state index in [4.69, 9.17) is 14.2 Å². The minimum atomic E-state index is -0.528. The summed E-state index contributed by atoms with van der Waals surface area (Å²) in [5.41, 5.74) is 5.18. The van der Waals surface area contributed by atoms with Crippen LogP contribution in [0, 0.1) is 17.8 Å². The van der Waals surface area contributed by atoms with E-state index in [2.05, 4.69) is 49.5 Å². The van der Waals surface area contributed by atoms with Crippen LogP contribution in [0.15, 0.2) is 78.9 Å². The third-order valence-corrected chi connectivity index (χ3v) is 11.0. The largest absolute Gasteiger partial charge is 0.489 e. The van der Waals surface area contributed by atoms with Crippen LogP contribution in [0.3, 0.4) is 0 Å². The maximum Gasteiger partial charge on any atom is 0.314 e. The number of piperidine rings is 1. The molecule has 5 atom stereocenters. The maximum atomic E-state index is 13.5. The summed E-state index contributed by atoms with van der Waals surface area (Å²) in [5.74, 6) is 0.288. The number of quaternary nitrogens is 1. The number of hydrogen-bond donors (Lipinski definition) is 0. The number of carbonyl (C=O) groups is 2. The molecular formula is C39H48NO5+. The van der Waals surface area contributed by atoms with Gasteiger partial charge in [-0.25, -0.2) is 0 Å². The predicted molar refractivity (Wildman–Crippen MR) is 174 cm³/mol. The highest BCUT2D eigenvalue weighted by atomic mass is 16.6. The van der Waals surface area contributed by atoms with Crippen molar-refractivity contribution in [3.8, 4) is 5.75 Å². The molecule has 0 radical (unpaired) electrons. The summed E-state index contributed by atoms with van der Waals surface area (Å²) >= 11 is 0. The van der Waals surface area contributed by atoms with Crippen molar-refractivity contribution in [1.82, 2.24) is 0 Å². The number of nitrogens with zero attached hydrogens (tertiary/aromatic N) is 1. The molecule has 1 heterocycles. The second-order valence-electron chi connectivity index (χ2n) is 14.1. The van der Waals surface area contributed by atoms with Gasteiger partial charge in [0.25, 0.3) is 0 Å². The number of benzene rings is 3. The topological polar surface area (TPSA) is 61.8 Å². The van der Waals surface area contributed by atoms with E-state index in [0.717, 1.165) is 35.2 Å². The van der Waals surface area contributed by atoms with Gasteiger partial charge >= 0.3 is 11.9 Å². The van der Waals surface area contributed by atoms with E-state index in [1.54, 1.807) is 0 Å². The Morgan fingerprint density at radius 3 is 2.31 bits per heavy atom. The number of hydrogen-bond acceptors (Lipinski definition) is 5. The second-order valence-corrected chi connectivity index (χ2v) is 14.1. The van der Waals surface area contributed by atoms with Gasteiger partial charge in [0.15, 0.2) is 0 Å². The molecule has 3 aliphatic rings. The highest BCUT2D eigenvalue weighted by molar-refractivity contribution is 5.80. The standard InChI is InChI=1S/C39H48NO5/c1-28(2)33(24-37(41)44-26-30-14-8-5-9-15-30)38(42)45-27-40(3)21-20-39-19-11-10-16-34(39)36(40)22-31-17-18-32(23-35(31)39)43-25-29-12-6-4-7-13-29/h4-9,12-15,17-18,23,28,33-34,36H,10-11,16,19-22,24-27H2,1-3H3/q+1/t33?,34-,36+,39+,40?/m0/s1. The Balaban J connectivity index is 1.13. The van der Waals surface area contributed by atoms with Crippen molar-refractivity contribution >= 4 is 11.9 Å². The molecule has 2 unspecified atom stereocenters. The Morgan fingerprint density at radius 2 is 1.60 bits per heavy atom. The van der Waals surface area contributed by atoms with E-state index >= 15 is 0 Å². The molecular weight excluding hydrogens is 562 g/mol. The van der Waals surface area contributed by atoms with Crippen LogP contribution >= 0.6 is 0 Å². The quantitative estimate of drug-likeness (QED) is 0.168. The highest BCUT2D eigenvalue weighted by Crippen LogP contribution is 2.57. The Bertz CT molecular complexity index is 1470. The van der Waals surface area contributed by atoms with Gasteiger partial charge in [-0.05, 0) is 53.1 Å². The van der Waals surface area contributed by atoms with Crippen LogP contribution in [0.4, 0.5) is 0 Å². The number of esters is 2. The van der Waals surface area contributed by atoms with Crippen LogP contribution < -0.4 is 4.74 Å². The van der Waals surface area contributed by atoms with E-state index in [-0.39, 0.29) is 36.3 Å². The SMILES string of the molecule is CC(C)C(CC(=O)OCc1ccccc1)C(=O)OC[N+]1(C)CC[C@]23CCCC[C@H]2[C@H]1Cc1ccc(OCc2ccccc2)cc13. The summed E-state index contributed by atoms with van der Waals surface area (Å²) in [7, 11) is 2.28. The molecule has 3 aromatic carbocycles. The van der Waals surface area contributed by atoms with Crippen molar-refractivity contribution in [3.63, 3.8) is 0 Å². The van der Waals surface area contributed by atoms with Gasteiger partial charge in [0.05, 0.1) is 32.0 Å². The number of carbonyl (C=O) groups excluding carboxylic acids is 2. The molecule has 0 amide bonds. The van der Waals surface area contributed by atoms with Crippen LogP contribution in [-0.2, 0) is 44.1 Å². The molecule has 0 spiro atoms. The van der Waals surface area contributed by atoms with Crippen LogP contribution in [0.1, 0.15) is 74.6 Å². The second kappa shape index (κ2) is 13.4. The van der Waals surface area contributed by atoms with E-state index in [1.165, 1.54) is 42.4 Å². The minimum Gasteiger partial charge on any atom is -0.489 e. The number of likely N-dealkylation sites (N-methyl/N-ethyl adjacent to an activating group) is 1. The lowest BCUT2D eigenvalue weighted by atomic mass is 9.52. The Labute approximate surface area is 268 Å². The molecule has 2 fully saturated rings. The monoisotopic (exact) mass is 610 g/mol. The predicted octanol–water partition coefficient (Wildman–Crippen LogP) is 7.38. The summed E-state index contributed by atoms with van der Waals surface area (Å²) < 4.78 is 18.7. The lowest BCUT2D eigenvalue weighted by molar-refractivity contribution is -0.959. The zero-order valence-electron chi connectivity index (χ0n) is 27.1. The normalized spacial score (nSPS) is 25.9. The molecule has 2 bridgehead atoms. The number of likely N-dealkylation sites (tertiary alicyclic amines) is 1. The molecule has 0 aromatic heterocycles. The van der Waals surface area contributed by atoms with Gasteiger partial charge in [-0.2, -0.15) is 0 Å². The van der Waals surface area contributed by atoms with E-state index < -0.39 is 5.92 Å². The average molecular weight is 611 g/mol. The first-order valence-corrected chi connectivity index (χ1v) is 16.8. The van der Waals surface area contributed by atoms with Crippen molar-refractivity contribution in [2.75, 3.05) is 20.3 Å². The van der Waals surface area contributed by atoms with Crippen LogP contribution in [0.5, 0.6) is 5.75 Å². The van der Waals surface area contributed by atoms with Crippen molar-refractivity contribution in [1.29, 1.82) is 0 Å². The molecule has 6 rings (SSSR count). The highest BCUT2D eigenvalue weighted by Gasteiger charge is 2.59. The van der Waals surface area contributed by atoms with Gasteiger partial charge in [-0.15, -0.1) is 0 Å². The number of ether oxygens (including phenoxy) is 3. The maximum absolute atomic E-state index is 13.5. The van der Waals surface area contributed by atoms with Crippen LogP contribution in [-0.4, -0.2) is 42.8 Å². The molecule has 1 saturated heterocycles. The summed E-state index contributed by atoms with van der Waals surface area (Å²) in [6.07, 6.45) is 7.03. The lowest BCUT2D eigenvalue weighted by Gasteiger charge is -2.61. The Hall–Kier alpha value is -3.64. The fourth-order valence-corrected chi connectivity index (χ4v) is 8.32. The fraction of sp³-hybridized carbons (Fsp3) is 0.487. The zero-order chi connectivity index (χ0) is 31.4. The molecule has 238 valence electrons. The first kappa shape index (κ1) is 31.3. The summed E-state index contributed by atoms with van der Waals surface area (Å²) in [6, 6.07) is 27.1. The molecule has 1 saturated carbocycles. The first-order valence-electron chi connectivity index (χ1n) is 16.8. The zero-order valence-corrected chi connectivity index (χ0v) is 27.1.